The van der Waals surface area contributed by atoms with Gasteiger partial charge in [-0.1, -0.05) is 6.07 Å². The number of hydrogen-bond acceptors (Lipinski definition) is 5. The average Bonchev–Trinajstić information content (AvgIpc) is 3.12. The Morgan fingerprint density at radius 1 is 0.958 bits per heavy atom. The summed E-state index contributed by atoms with van der Waals surface area (Å²) < 4.78 is 10.6. The van der Waals surface area contributed by atoms with E-state index in [1.165, 1.54) is 0 Å². The second-order valence-electron chi connectivity index (χ2n) is 5.35. The predicted molar refractivity (Wildman–Crippen MR) is 94.2 cm³/mol. The van der Waals surface area contributed by atoms with Crippen LogP contribution in [-0.2, 0) is 0 Å². The van der Waals surface area contributed by atoms with Gasteiger partial charge in [0.1, 0.15) is 17.0 Å². The van der Waals surface area contributed by atoms with E-state index < -0.39 is 0 Å². The first-order chi connectivity index (χ1) is 11.8. The second-order valence-corrected chi connectivity index (χ2v) is 5.35. The van der Waals surface area contributed by atoms with Gasteiger partial charge in [0.25, 0.3) is 0 Å². The lowest BCUT2D eigenvalue weighted by molar-refractivity contribution is 0.415. The van der Waals surface area contributed by atoms with Crippen LogP contribution < -0.4 is 14.8 Å². The number of anilines is 2. The highest BCUT2D eigenvalue weighted by Gasteiger charge is 2.12. The third-order valence-corrected chi connectivity index (χ3v) is 3.92. The highest BCUT2D eigenvalue weighted by atomic mass is 16.5. The molecular weight excluding hydrogens is 304 g/mol. The van der Waals surface area contributed by atoms with Crippen molar-refractivity contribution >= 4 is 33.3 Å². The Kier molecular flexibility index (Phi) is 3.42. The van der Waals surface area contributed by atoms with E-state index in [1.54, 1.807) is 14.2 Å². The number of benzene rings is 2. The molecule has 2 aromatic heterocycles. The Hall–Kier alpha value is -3.28. The van der Waals surface area contributed by atoms with Crippen molar-refractivity contribution in [1.82, 2.24) is 15.2 Å². The van der Waals surface area contributed by atoms with Crippen molar-refractivity contribution in [2.45, 2.75) is 0 Å². The molecule has 0 aliphatic carbocycles. The third kappa shape index (κ3) is 2.38. The first-order valence-electron chi connectivity index (χ1n) is 7.51. The van der Waals surface area contributed by atoms with Gasteiger partial charge in [0.15, 0.2) is 5.82 Å². The van der Waals surface area contributed by atoms with Crippen LogP contribution in [0.25, 0.3) is 21.8 Å². The molecule has 0 aliphatic rings. The maximum absolute atomic E-state index is 5.31. The zero-order chi connectivity index (χ0) is 16.5. The van der Waals surface area contributed by atoms with Crippen molar-refractivity contribution in [1.29, 1.82) is 0 Å². The summed E-state index contributed by atoms with van der Waals surface area (Å²) in [5.41, 5.74) is 2.53. The maximum Gasteiger partial charge on any atom is 0.159 e. The molecule has 24 heavy (non-hydrogen) atoms. The number of H-pyrrole nitrogens is 1. The van der Waals surface area contributed by atoms with Gasteiger partial charge >= 0.3 is 0 Å². The van der Waals surface area contributed by atoms with Gasteiger partial charge in [0, 0.05) is 28.7 Å². The van der Waals surface area contributed by atoms with Gasteiger partial charge in [-0.05, 0) is 30.3 Å². The lowest BCUT2D eigenvalue weighted by Crippen LogP contribution is -1.96. The fourth-order valence-electron chi connectivity index (χ4n) is 2.73. The van der Waals surface area contributed by atoms with Crippen LogP contribution in [0.1, 0.15) is 0 Å². The number of ether oxygens (including phenoxy) is 2. The van der Waals surface area contributed by atoms with E-state index in [1.807, 2.05) is 48.7 Å². The Bertz CT molecular complexity index is 1030. The highest BCUT2D eigenvalue weighted by Crippen LogP contribution is 2.32. The zero-order valence-corrected chi connectivity index (χ0v) is 13.3. The van der Waals surface area contributed by atoms with Gasteiger partial charge in [-0.2, -0.15) is 5.10 Å². The minimum Gasteiger partial charge on any atom is -0.497 e. The molecule has 0 radical (unpaired) electrons. The summed E-state index contributed by atoms with van der Waals surface area (Å²) in [6.07, 6.45) is 1.87. The summed E-state index contributed by atoms with van der Waals surface area (Å²) in [6.45, 7) is 0. The Labute approximate surface area is 138 Å². The fraction of sp³-hybridized carbons (Fsp3) is 0.111. The summed E-state index contributed by atoms with van der Waals surface area (Å²) in [4.78, 5) is 4.71. The van der Waals surface area contributed by atoms with Gasteiger partial charge in [-0.15, -0.1) is 0 Å². The molecular formula is C18H16N4O2. The molecule has 6 nitrogen and oxygen atoms in total. The number of rotatable bonds is 4. The molecule has 0 spiro atoms. The minimum absolute atomic E-state index is 0.692. The van der Waals surface area contributed by atoms with Crippen molar-refractivity contribution < 1.29 is 9.47 Å². The normalized spacial score (nSPS) is 10.9. The number of aromatic amines is 1. The number of aromatic nitrogens is 3. The van der Waals surface area contributed by atoms with E-state index in [2.05, 4.69) is 15.5 Å². The van der Waals surface area contributed by atoms with Gasteiger partial charge in [-0.3, -0.25) is 5.10 Å². The highest BCUT2D eigenvalue weighted by molar-refractivity contribution is 6.09. The van der Waals surface area contributed by atoms with Crippen LogP contribution in [0.3, 0.4) is 0 Å². The predicted octanol–water partition coefficient (Wildman–Crippen LogP) is 3.87. The molecule has 0 unspecified atom stereocenters. The largest absolute Gasteiger partial charge is 0.497 e. The first-order valence-corrected chi connectivity index (χ1v) is 7.51. The van der Waals surface area contributed by atoms with E-state index in [-0.39, 0.29) is 0 Å². The molecule has 0 aliphatic heterocycles. The fourth-order valence-corrected chi connectivity index (χ4v) is 2.73. The number of methoxy groups -OCH3 is 2. The molecule has 4 aromatic rings. The number of hydrogen-bond donors (Lipinski definition) is 2. The first kappa shape index (κ1) is 14.3. The molecule has 2 heterocycles. The number of pyridine rings is 1. The second kappa shape index (κ2) is 5.73. The topological polar surface area (TPSA) is 72.1 Å². The molecule has 6 heteroatoms. The van der Waals surface area contributed by atoms with E-state index in [4.69, 9.17) is 14.5 Å². The van der Waals surface area contributed by atoms with E-state index >= 15 is 0 Å². The van der Waals surface area contributed by atoms with Gasteiger partial charge in [-0.25, -0.2) is 4.98 Å². The van der Waals surface area contributed by atoms with Crippen molar-refractivity contribution in [3.63, 3.8) is 0 Å². The van der Waals surface area contributed by atoms with E-state index in [0.717, 1.165) is 39.0 Å². The molecule has 0 atom stereocenters. The average molecular weight is 320 g/mol. The van der Waals surface area contributed by atoms with Crippen LogP contribution in [0.2, 0.25) is 0 Å². The summed E-state index contributed by atoms with van der Waals surface area (Å²) in [5, 5.41) is 12.6. The summed E-state index contributed by atoms with van der Waals surface area (Å²) in [5.74, 6) is 2.27. The number of fused-ring (bicyclic) bond motifs is 3. The molecule has 0 amide bonds. The van der Waals surface area contributed by atoms with Crippen LogP contribution >= 0.6 is 0 Å². The lowest BCUT2D eigenvalue weighted by atomic mass is 10.1. The van der Waals surface area contributed by atoms with Crippen LogP contribution in [0.5, 0.6) is 11.5 Å². The van der Waals surface area contributed by atoms with Crippen LogP contribution in [0.4, 0.5) is 11.5 Å². The molecule has 120 valence electrons. The summed E-state index contributed by atoms with van der Waals surface area (Å²) >= 11 is 0. The summed E-state index contributed by atoms with van der Waals surface area (Å²) in [6, 6.07) is 13.5. The lowest BCUT2D eigenvalue weighted by Gasteiger charge is -2.10. The molecule has 2 aromatic carbocycles. The van der Waals surface area contributed by atoms with Crippen molar-refractivity contribution in [3.8, 4) is 11.5 Å². The number of nitrogens with one attached hydrogen (secondary N) is 2. The minimum atomic E-state index is 0.692. The Balaban J connectivity index is 1.86. The molecule has 0 saturated carbocycles. The van der Waals surface area contributed by atoms with E-state index in [9.17, 15) is 0 Å². The zero-order valence-electron chi connectivity index (χ0n) is 13.3. The maximum atomic E-state index is 5.31. The monoisotopic (exact) mass is 320 g/mol. The molecule has 0 bridgehead atoms. The van der Waals surface area contributed by atoms with E-state index in [0.29, 0.717) is 5.82 Å². The quantitative estimate of drug-likeness (QED) is 0.597. The van der Waals surface area contributed by atoms with Crippen molar-refractivity contribution in [2.24, 2.45) is 0 Å². The van der Waals surface area contributed by atoms with Crippen LogP contribution in [0.15, 0.2) is 48.7 Å². The van der Waals surface area contributed by atoms with Crippen LogP contribution in [-0.4, -0.2) is 29.4 Å². The van der Waals surface area contributed by atoms with Gasteiger partial charge < -0.3 is 14.8 Å². The Morgan fingerprint density at radius 3 is 2.62 bits per heavy atom. The summed E-state index contributed by atoms with van der Waals surface area (Å²) in [7, 11) is 3.30. The standard InChI is InChI=1S/C18H16N4O2/c1-23-12-5-3-4-11(8-12)20-18-17-15(10-19-22-17)14-9-13(24-2)6-7-16(14)21-18/h3-10H,1-2H3,(H,19,22)(H,20,21). The Morgan fingerprint density at radius 2 is 1.79 bits per heavy atom. The van der Waals surface area contributed by atoms with Crippen molar-refractivity contribution in [2.75, 3.05) is 19.5 Å². The van der Waals surface area contributed by atoms with Crippen molar-refractivity contribution in [3.05, 3.63) is 48.7 Å². The third-order valence-electron chi connectivity index (χ3n) is 3.92. The SMILES string of the molecule is COc1cccc(Nc2nc3ccc(OC)cc3c3c[nH]nc23)c1. The molecule has 0 fully saturated rings. The molecule has 2 N–H and O–H groups in total. The smallest absolute Gasteiger partial charge is 0.159 e. The number of nitrogens with zero attached hydrogens (tertiary/aromatic N) is 2. The molecule has 0 saturated heterocycles. The van der Waals surface area contributed by atoms with Gasteiger partial charge in [0.2, 0.25) is 0 Å². The van der Waals surface area contributed by atoms with Crippen LogP contribution in [0, 0.1) is 0 Å². The molecule has 4 rings (SSSR count). The van der Waals surface area contributed by atoms with Gasteiger partial charge in [0.05, 0.1) is 19.7 Å².